The molecule has 3 heterocycles. The molecular formula is C37H30F3N5O6S. The van der Waals surface area contributed by atoms with Gasteiger partial charge in [0.15, 0.2) is 11.9 Å². The summed E-state index contributed by atoms with van der Waals surface area (Å²) in [5.41, 5.74) is -1.23. The zero-order valence-electron chi connectivity index (χ0n) is 27.5. The number of nitriles is 1. The van der Waals surface area contributed by atoms with Crippen molar-refractivity contribution in [2.45, 2.75) is 35.9 Å². The number of thioether (sulfide) groups is 1. The molecule has 6 rings (SSSR count). The van der Waals surface area contributed by atoms with E-state index in [0.717, 1.165) is 17.0 Å². The van der Waals surface area contributed by atoms with Crippen LogP contribution in [-0.2, 0) is 31.2 Å². The van der Waals surface area contributed by atoms with Crippen LogP contribution in [0.15, 0.2) is 91.5 Å². The number of ether oxygens (including phenoxy) is 3. The molecule has 0 spiro atoms. The lowest BCUT2D eigenvalue weighted by Gasteiger charge is -2.41. The van der Waals surface area contributed by atoms with E-state index in [0.29, 0.717) is 11.6 Å². The molecule has 1 saturated heterocycles. The minimum Gasteiger partial charge on any atom is -0.450 e. The number of allylic oxidation sites excluding steroid dienone is 2. The maximum absolute atomic E-state index is 15.7. The second-order valence-corrected chi connectivity index (χ2v) is 13.5. The van der Waals surface area contributed by atoms with E-state index in [2.05, 4.69) is 10.1 Å². The number of imide groups is 1. The highest BCUT2D eigenvalue weighted by Crippen LogP contribution is 2.42. The molecule has 1 fully saturated rings. The predicted molar refractivity (Wildman–Crippen MR) is 182 cm³/mol. The van der Waals surface area contributed by atoms with Gasteiger partial charge in [0, 0.05) is 22.4 Å². The van der Waals surface area contributed by atoms with Crippen LogP contribution in [0.1, 0.15) is 44.3 Å². The van der Waals surface area contributed by atoms with Gasteiger partial charge in [-0.2, -0.15) is 10.4 Å². The first kappa shape index (κ1) is 36.2. The minimum atomic E-state index is -1.87. The summed E-state index contributed by atoms with van der Waals surface area (Å²) < 4.78 is 63.3. The Morgan fingerprint density at radius 1 is 1.06 bits per heavy atom. The molecule has 15 heteroatoms. The highest BCUT2D eigenvalue weighted by Gasteiger charge is 2.48. The number of carbonyl (C=O) groups excluding carboxylic acids is 3. The van der Waals surface area contributed by atoms with E-state index in [1.807, 2.05) is 6.07 Å². The van der Waals surface area contributed by atoms with Crippen molar-refractivity contribution in [3.05, 3.63) is 137 Å². The molecule has 2 aliphatic rings. The van der Waals surface area contributed by atoms with Crippen LogP contribution in [0.25, 0.3) is 6.08 Å². The molecule has 2 atom stereocenters. The SMILES string of the molecule is C[C@@H](SC1COC(/C=C/C=C/c2ccc(C#N)cc2F)OC1)[C@@](Cn1cncn1)(OC(=O)CN1C(=O)c2ccccc2C1=O)c1ccc(F)cc1F. The fourth-order valence-corrected chi connectivity index (χ4v) is 7.23. The third-order valence-electron chi connectivity index (χ3n) is 8.44. The molecule has 4 aromatic rings. The minimum absolute atomic E-state index is 0.143. The summed E-state index contributed by atoms with van der Waals surface area (Å²) in [4.78, 5) is 44.5. The van der Waals surface area contributed by atoms with E-state index in [1.54, 1.807) is 37.3 Å². The lowest BCUT2D eigenvalue weighted by molar-refractivity contribution is -0.163. The van der Waals surface area contributed by atoms with Gasteiger partial charge in [0.2, 0.25) is 0 Å². The summed E-state index contributed by atoms with van der Waals surface area (Å²) in [6, 6.07) is 15.1. The Hall–Kier alpha value is -5.56. The molecule has 1 aromatic heterocycles. The first-order valence-electron chi connectivity index (χ1n) is 16.0. The van der Waals surface area contributed by atoms with Gasteiger partial charge in [0.25, 0.3) is 11.8 Å². The van der Waals surface area contributed by atoms with Gasteiger partial charge < -0.3 is 14.2 Å². The van der Waals surface area contributed by atoms with Crippen LogP contribution in [-0.4, -0.2) is 74.0 Å². The standard InChI is InChI=1S/C37H30F3N5O6S/c1-23(52-27-18-49-34(50-19-27)9-5-2-6-25-11-10-24(16-41)14-31(25)39)37(20-44-22-42-21-43-44,30-13-12-26(38)15-32(30)40)51-33(46)17-45-35(47)28-7-3-4-8-29(28)36(45)48/h2-15,21-23,27,34H,17-20H2,1H3/b6-2+,9-5+/t23-,27?,34?,37-/m1/s1. The second kappa shape index (κ2) is 15.8. The quantitative estimate of drug-likeness (QED) is 0.105. The predicted octanol–water partition coefficient (Wildman–Crippen LogP) is 5.43. The number of rotatable bonds is 12. The van der Waals surface area contributed by atoms with Crippen molar-refractivity contribution in [1.82, 2.24) is 19.7 Å². The number of esters is 1. The first-order chi connectivity index (χ1) is 25.1. The topological polar surface area (TPSA) is 137 Å². The number of aromatic nitrogens is 3. The number of carbonyl (C=O) groups is 3. The average molecular weight is 730 g/mol. The third-order valence-corrected chi connectivity index (χ3v) is 9.89. The van der Waals surface area contributed by atoms with Gasteiger partial charge in [-0.25, -0.2) is 22.8 Å². The van der Waals surface area contributed by atoms with E-state index in [1.165, 1.54) is 65.5 Å². The number of fused-ring (bicyclic) bond motifs is 1. The van der Waals surface area contributed by atoms with E-state index < -0.39 is 58.9 Å². The number of amides is 2. The Morgan fingerprint density at radius 3 is 2.42 bits per heavy atom. The smallest absolute Gasteiger partial charge is 0.327 e. The zero-order chi connectivity index (χ0) is 36.8. The molecule has 0 N–H and O–H groups in total. The summed E-state index contributed by atoms with van der Waals surface area (Å²) in [6.45, 7) is 1.02. The van der Waals surface area contributed by atoms with Crippen molar-refractivity contribution in [3.8, 4) is 6.07 Å². The summed E-state index contributed by atoms with van der Waals surface area (Å²) in [5.74, 6) is -4.73. The molecule has 0 bridgehead atoms. The Balaban J connectivity index is 1.19. The highest BCUT2D eigenvalue weighted by atomic mass is 32.2. The van der Waals surface area contributed by atoms with Crippen LogP contribution >= 0.6 is 11.8 Å². The van der Waals surface area contributed by atoms with Crippen LogP contribution in [0, 0.1) is 28.8 Å². The Morgan fingerprint density at radius 2 is 1.79 bits per heavy atom. The summed E-state index contributed by atoms with van der Waals surface area (Å²) in [7, 11) is 0. The van der Waals surface area contributed by atoms with Crippen LogP contribution < -0.4 is 0 Å². The lowest BCUT2D eigenvalue weighted by Crippen LogP contribution is -2.49. The summed E-state index contributed by atoms with van der Waals surface area (Å²) >= 11 is 1.27. The van der Waals surface area contributed by atoms with Crippen molar-refractivity contribution in [2.75, 3.05) is 19.8 Å². The van der Waals surface area contributed by atoms with Crippen LogP contribution in [0.4, 0.5) is 13.2 Å². The van der Waals surface area contributed by atoms with Gasteiger partial charge >= 0.3 is 5.97 Å². The summed E-state index contributed by atoms with van der Waals surface area (Å²) in [5, 5.41) is 11.9. The molecule has 2 aliphatic heterocycles. The molecule has 0 unspecified atom stereocenters. The van der Waals surface area contributed by atoms with E-state index in [4.69, 9.17) is 19.5 Å². The third kappa shape index (κ3) is 7.84. The van der Waals surface area contributed by atoms with E-state index in [9.17, 15) is 23.2 Å². The van der Waals surface area contributed by atoms with Crippen molar-refractivity contribution >= 4 is 35.6 Å². The monoisotopic (exact) mass is 729 g/mol. The largest absolute Gasteiger partial charge is 0.450 e. The van der Waals surface area contributed by atoms with Crippen molar-refractivity contribution in [3.63, 3.8) is 0 Å². The Kier molecular flexibility index (Phi) is 11.0. The molecule has 266 valence electrons. The first-order valence-corrected chi connectivity index (χ1v) is 16.9. The average Bonchev–Trinajstić information content (AvgIpc) is 3.73. The molecule has 0 saturated carbocycles. The number of hydrogen-bond acceptors (Lipinski definition) is 10. The van der Waals surface area contributed by atoms with Crippen molar-refractivity contribution < 1.29 is 41.8 Å². The Bertz CT molecular complexity index is 2040. The molecular weight excluding hydrogens is 699 g/mol. The van der Waals surface area contributed by atoms with Gasteiger partial charge in [-0.15, -0.1) is 11.8 Å². The molecule has 0 radical (unpaired) electrons. The molecule has 11 nitrogen and oxygen atoms in total. The molecule has 2 amide bonds. The van der Waals surface area contributed by atoms with E-state index >= 15 is 4.39 Å². The van der Waals surface area contributed by atoms with Crippen LogP contribution in [0.2, 0.25) is 0 Å². The maximum atomic E-state index is 15.7. The van der Waals surface area contributed by atoms with Gasteiger partial charge in [-0.1, -0.05) is 36.4 Å². The van der Waals surface area contributed by atoms with Crippen LogP contribution in [0.3, 0.4) is 0 Å². The number of benzene rings is 3. The number of halogens is 3. The fourth-order valence-electron chi connectivity index (χ4n) is 5.87. The van der Waals surface area contributed by atoms with Gasteiger partial charge in [-0.3, -0.25) is 19.3 Å². The number of nitrogens with zero attached hydrogens (tertiary/aromatic N) is 5. The maximum Gasteiger partial charge on any atom is 0.327 e. The number of hydrogen-bond donors (Lipinski definition) is 0. The van der Waals surface area contributed by atoms with Crippen molar-refractivity contribution in [1.29, 1.82) is 5.26 Å². The van der Waals surface area contributed by atoms with Gasteiger partial charge in [0.1, 0.15) is 36.7 Å². The lowest BCUT2D eigenvalue weighted by atomic mass is 9.89. The van der Waals surface area contributed by atoms with Gasteiger partial charge in [-0.05, 0) is 49.4 Å². The molecule has 0 aliphatic carbocycles. The highest BCUT2D eigenvalue weighted by molar-refractivity contribution is 8.00. The zero-order valence-corrected chi connectivity index (χ0v) is 28.3. The fraction of sp³-hybridized carbons (Fsp3) is 0.243. The second-order valence-electron chi connectivity index (χ2n) is 11.9. The molecule has 52 heavy (non-hydrogen) atoms. The Labute approximate surface area is 300 Å². The van der Waals surface area contributed by atoms with E-state index in [-0.39, 0.29) is 47.3 Å². The summed E-state index contributed by atoms with van der Waals surface area (Å²) in [6.07, 6.45) is 8.27. The van der Waals surface area contributed by atoms with Gasteiger partial charge in [0.05, 0.1) is 47.8 Å². The molecule has 3 aromatic carbocycles. The van der Waals surface area contributed by atoms with Crippen molar-refractivity contribution in [2.24, 2.45) is 0 Å². The van der Waals surface area contributed by atoms with Crippen LogP contribution in [0.5, 0.6) is 0 Å². The normalized spacial score (nSPS) is 19.1.